The van der Waals surface area contributed by atoms with Crippen LogP contribution in [0.3, 0.4) is 0 Å². The first-order valence-electron chi connectivity index (χ1n) is 5.89. The molecule has 0 spiro atoms. The third-order valence-electron chi connectivity index (χ3n) is 3.14. The second-order valence-corrected chi connectivity index (χ2v) is 4.30. The number of hydrogen-bond acceptors (Lipinski definition) is 6. The number of methoxy groups -OCH3 is 1. The molecular weight excluding hydrogens is 246 g/mol. The number of nitrogens with one attached hydrogen (secondary N) is 1. The van der Waals surface area contributed by atoms with Gasteiger partial charge in [-0.25, -0.2) is 14.6 Å². The second-order valence-electron chi connectivity index (χ2n) is 4.30. The van der Waals surface area contributed by atoms with Gasteiger partial charge in [-0.05, 0) is 6.92 Å². The maximum atomic E-state index is 11.1. The maximum absolute atomic E-state index is 11.1. The molecule has 7 heteroatoms. The van der Waals surface area contributed by atoms with Crippen LogP contribution in [0.2, 0.25) is 0 Å². The molecule has 2 aromatic heterocycles. The van der Waals surface area contributed by atoms with Gasteiger partial charge >= 0.3 is 0 Å². The fourth-order valence-electron chi connectivity index (χ4n) is 2.25. The summed E-state index contributed by atoms with van der Waals surface area (Å²) in [5, 5.41) is 7.43. The molecule has 1 aliphatic heterocycles. The van der Waals surface area contributed by atoms with Crippen LogP contribution in [0.5, 0.6) is 5.75 Å². The van der Waals surface area contributed by atoms with Crippen LogP contribution in [-0.2, 0) is 4.79 Å². The lowest BCUT2D eigenvalue weighted by Crippen LogP contribution is -2.04. The van der Waals surface area contributed by atoms with E-state index in [4.69, 9.17) is 4.74 Å². The first-order valence-corrected chi connectivity index (χ1v) is 5.89. The lowest BCUT2D eigenvalue weighted by Gasteiger charge is -2.11. The number of aryl methyl sites for hydroxylation is 1. The van der Waals surface area contributed by atoms with Gasteiger partial charge in [0.15, 0.2) is 5.82 Å². The lowest BCUT2D eigenvalue weighted by atomic mass is 10.0. The van der Waals surface area contributed by atoms with E-state index in [-0.39, 0.29) is 5.92 Å². The van der Waals surface area contributed by atoms with E-state index in [1.165, 1.54) is 0 Å². The molecule has 0 aliphatic carbocycles. The predicted molar refractivity (Wildman–Crippen MR) is 67.7 cm³/mol. The van der Waals surface area contributed by atoms with E-state index >= 15 is 0 Å². The molecule has 3 rings (SSSR count). The van der Waals surface area contributed by atoms with Crippen LogP contribution in [0.1, 0.15) is 17.3 Å². The highest BCUT2D eigenvalue weighted by Crippen LogP contribution is 2.40. The van der Waals surface area contributed by atoms with Crippen molar-refractivity contribution in [3.63, 3.8) is 0 Å². The smallest absolute Gasteiger partial charge is 0.179 e. The maximum Gasteiger partial charge on any atom is 0.179 e. The number of aldehydes is 1. The lowest BCUT2D eigenvalue weighted by molar-refractivity contribution is -0.108. The highest BCUT2D eigenvalue weighted by atomic mass is 16.5. The molecular formula is C12H13N5O2. The summed E-state index contributed by atoms with van der Waals surface area (Å²) >= 11 is 0. The average molecular weight is 259 g/mol. The van der Waals surface area contributed by atoms with E-state index in [1.54, 1.807) is 24.3 Å². The Morgan fingerprint density at radius 2 is 2.37 bits per heavy atom. The van der Waals surface area contributed by atoms with Crippen LogP contribution in [0, 0.1) is 6.92 Å². The Bertz CT molecular complexity index is 637. The summed E-state index contributed by atoms with van der Waals surface area (Å²) < 4.78 is 6.87. The van der Waals surface area contributed by atoms with Gasteiger partial charge < -0.3 is 14.8 Å². The number of fused-ring (bicyclic) bond motifs is 1. The standard InChI is InChI=1S/C12H13N5O2/c1-7-15-6-17(16-7)12-11-10(8(5-18)3-13-11)9(19-2)4-14-12/h4-6,8,13H,3H2,1-2H3. The van der Waals surface area contributed by atoms with Crippen LogP contribution >= 0.6 is 0 Å². The Morgan fingerprint density at radius 3 is 3.00 bits per heavy atom. The number of hydrogen-bond donors (Lipinski definition) is 1. The summed E-state index contributed by atoms with van der Waals surface area (Å²) in [6, 6.07) is 0. The number of carbonyl (C=O) groups excluding carboxylic acids is 1. The number of anilines is 1. The van der Waals surface area contributed by atoms with Crippen LogP contribution in [0.25, 0.3) is 5.82 Å². The van der Waals surface area contributed by atoms with Crippen molar-refractivity contribution in [1.29, 1.82) is 0 Å². The Labute approximate surface area is 109 Å². The van der Waals surface area contributed by atoms with E-state index in [9.17, 15) is 4.79 Å². The third kappa shape index (κ3) is 1.74. The van der Waals surface area contributed by atoms with Gasteiger partial charge in [0, 0.05) is 12.1 Å². The van der Waals surface area contributed by atoms with Gasteiger partial charge in [0.25, 0.3) is 0 Å². The SMILES string of the molecule is COc1cnc(-n2cnc(C)n2)c2c1C(C=O)CN2. The van der Waals surface area contributed by atoms with Gasteiger partial charge in [0.1, 0.15) is 24.2 Å². The van der Waals surface area contributed by atoms with Crippen molar-refractivity contribution >= 4 is 12.0 Å². The number of carbonyl (C=O) groups is 1. The Kier molecular flexibility index (Phi) is 2.66. The Morgan fingerprint density at radius 1 is 1.53 bits per heavy atom. The number of nitrogens with zero attached hydrogens (tertiary/aromatic N) is 4. The summed E-state index contributed by atoms with van der Waals surface area (Å²) in [5.74, 6) is 1.67. The zero-order valence-corrected chi connectivity index (χ0v) is 10.6. The molecule has 0 saturated heterocycles. The van der Waals surface area contributed by atoms with Crippen molar-refractivity contribution < 1.29 is 9.53 Å². The van der Waals surface area contributed by atoms with Crippen LogP contribution in [0.4, 0.5) is 5.69 Å². The van der Waals surface area contributed by atoms with E-state index < -0.39 is 0 Å². The first kappa shape index (κ1) is 11.6. The van der Waals surface area contributed by atoms with Crippen LogP contribution in [0.15, 0.2) is 12.5 Å². The average Bonchev–Trinajstić information content (AvgIpc) is 3.03. The van der Waals surface area contributed by atoms with E-state index in [0.29, 0.717) is 23.9 Å². The quantitative estimate of drug-likeness (QED) is 0.816. The molecule has 1 atom stereocenters. The largest absolute Gasteiger partial charge is 0.495 e. The minimum atomic E-state index is -0.226. The molecule has 0 saturated carbocycles. The first-order chi connectivity index (χ1) is 9.24. The van der Waals surface area contributed by atoms with Crippen molar-refractivity contribution in [2.24, 2.45) is 0 Å². The molecule has 0 aromatic carbocycles. The summed E-state index contributed by atoms with van der Waals surface area (Å²) in [5.41, 5.74) is 1.61. The molecule has 1 unspecified atom stereocenters. The molecule has 1 N–H and O–H groups in total. The monoisotopic (exact) mass is 259 g/mol. The molecule has 0 radical (unpaired) electrons. The van der Waals surface area contributed by atoms with Gasteiger partial charge in [-0.3, -0.25) is 0 Å². The van der Waals surface area contributed by atoms with Gasteiger partial charge in [-0.15, -0.1) is 0 Å². The predicted octanol–water partition coefficient (Wildman–Crippen LogP) is 0.687. The molecule has 0 fully saturated rings. The summed E-state index contributed by atoms with van der Waals surface area (Å²) in [7, 11) is 1.57. The fraction of sp³-hybridized carbons (Fsp3) is 0.333. The zero-order chi connectivity index (χ0) is 13.4. The minimum Gasteiger partial charge on any atom is -0.495 e. The number of rotatable bonds is 3. The number of ether oxygens (including phenoxy) is 1. The number of pyridine rings is 1. The van der Waals surface area contributed by atoms with E-state index in [0.717, 1.165) is 17.5 Å². The Hall–Kier alpha value is -2.44. The molecule has 1 aliphatic rings. The van der Waals surface area contributed by atoms with Crippen molar-refractivity contribution in [3.05, 3.63) is 23.9 Å². The van der Waals surface area contributed by atoms with Crippen molar-refractivity contribution in [3.8, 4) is 11.6 Å². The highest BCUT2D eigenvalue weighted by Gasteiger charge is 2.29. The summed E-state index contributed by atoms with van der Waals surface area (Å²) in [6.45, 7) is 2.35. The second kappa shape index (κ2) is 4.34. The molecule has 98 valence electrons. The highest BCUT2D eigenvalue weighted by molar-refractivity contribution is 5.79. The normalized spacial score (nSPS) is 16.8. The Balaban J connectivity index is 2.19. The fourth-order valence-corrected chi connectivity index (χ4v) is 2.25. The minimum absolute atomic E-state index is 0.226. The molecule has 19 heavy (non-hydrogen) atoms. The van der Waals surface area contributed by atoms with Gasteiger partial charge in [0.2, 0.25) is 0 Å². The summed E-state index contributed by atoms with van der Waals surface area (Å²) in [4.78, 5) is 19.6. The summed E-state index contributed by atoms with van der Waals surface area (Å²) in [6.07, 6.45) is 4.12. The van der Waals surface area contributed by atoms with Crippen LogP contribution < -0.4 is 10.1 Å². The van der Waals surface area contributed by atoms with Crippen LogP contribution in [-0.4, -0.2) is 39.7 Å². The molecule has 0 amide bonds. The van der Waals surface area contributed by atoms with Crippen molar-refractivity contribution in [1.82, 2.24) is 19.7 Å². The van der Waals surface area contributed by atoms with Crippen molar-refractivity contribution in [2.45, 2.75) is 12.8 Å². The van der Waals surface area contributed by atoms with Gasteiger partial charge in [0.05, 0.1) is 24.9 Å². The molecule has 0 bridgehead atoms. The number of aromatic nitrogens is 4. The van der Waals surface area contributed by atoms with Crippen molar-refractivity contribution in [2.75, 3.05) is 19.0 Å². The molecule has 3 heterocycles. The topological polar surface area (TPSA) is 81.9 Å². The molecule has 7 nitrogen and oxygen atoms in total. The van der Waals surface area contributed by atoms with E-state index in [1.807, 2.05) is 6.92 Å². The van der Waals surface area contributed by atoms with Gasteiger partial charge in [-0.2, -0.15) is 5.10 Å². The van der Waals surface area contributed by atoms with E-state index in [2.05, 4.69) is 20.4 Å². The zero-order valence-electron chi connectivity index (χ0n) is 10.6. The van der Waals surface area contributed by atoms with Gasteiger partial charge in [-0.1, -0.05) is 0 Å². The third-order valence-corrected chi connectivity index (χ3v) is 3.14. The molecule has 2 aromatic rings.